The molecule has 7 nitrogen and oxygen atoms in total. The van der Waals surface area contributed by atoms with E-state index < -0.39 is 10.1 Å². The highest BCUT2D eigenvalue weighted by molar-refractivity contribution is 7.86. The lowest BCUT2D eigenvalue weighted by Gasteiger charge is -2.11. The molecule has 0 aliphatic rings. The second-order valence-corrected chi connectivity index (χ2v) is 8.22. The average Bonchev–Trinajstić information content (AvgIpc) is 2.60. The van der Waals surface area contributed by atoms with Crippen LogP contribution in [0, 0.1) is 6.92 Å². The van der Waals surface area contributed by atoms with E-state index in [1.165, 1.54) is 6.07 Å². The van der Waals surface area contributed by atoms with E-state index in [0.29, 0.717) is 17.5 Å². The van der Waals surface area contributed by atoms with Gasteiger partial charge in [-0.3, -0.25) is 4.55 Å². The van der Waals surface area contributed by atoms with Crippen molar-refractivity contribution in [1.29, 1.82) is 0 Å². The fraction of sp³-hybridized carbons (Fsp3) is 0.200. The van der Waals surface area contributed by atoms with Gasteiger partial charge in [0, 0.05) is 11.9 Å². The highest BCUT2D eigenvalue weighted by Crippen LogP contribution is 2.39. The molecule has 28 heavy (non-hydrogen) atoms. The summed E-state index contributed by atoms with van der Waals surface area (Å²) in [5.41, 5.74) is 1.76. The molecule has 0 unspecified atom stereocenters. The maximum Gasteiger partial charge on any atom is 0.296 e. The third-order valence-corrected chi connectivity index (χ3v) is 5.14. The number of hydrogen-bond acceptors (Lipinski definition) is 6. The molecule has 0 amide bonds. The Morgan fingerprint density at radius 2 is 1.75 bits per heavy atom. The minimum Gasteiger partial charge on any atom is -0.505 e. The molecule has 0 heterocycles. The summed E-state index contributed by atoms with van der Waals surface area (Å²) in [4.78, 5) is 1.58. The largest absolute Gasteiger partial charge is 0.505 e. The topological polar surface area (TPSA) is 103 Å². The number of rotatable bonds is 5. The predicted molar refractivity (Wildman–Crippen MR) is 108 cm³/mol. The Bertz CT molecular complexity index is 1170. The molecule has 0 bridgehead atoms. The van der Waals surface area contributed by atoms with Gasteiger partial charge in [0.15, 0.2) is 5.75 Å². The number of phenols is 1. The van der Waals surface area contributed by atoms with Crippen LogP contribution in [0.25, 0.3) is 10.8 Å². The van der Waals surface area contributed by atoms with E-state index >= 15 is 0 Å². The molecule has 0 spiro atoms. The van der Waals surface area contributed by atoms with Crippen LogP contribution in [0.4, 0.5) is 11.4 Å². The summed E-state index contributed by atoms with van der Waals surface area (Å²) in [6, 6.07) is 13.7. The summed E-state index contributed by atoms with van der Waals surface area (Å²) in [7, 11) is -0.701. The Kier molecular flexibility index (Phi) is 5.46. The summed E-state index contributed by atoms with van der Waals surface area (Å²) < 4.78 is 32.9. The molecule has 0 saturated heterocycles. The number of benzene rings is 3. The van der Waals surface area contributed by atoms with Crippen molar-refractivity contribution in [3.63, 3.8) is 0 Å². The summed E-state index contributed by atoms with van der Waals surface area (Å²) in [5, 5.41) is 20.2. The van der Waals surface area contributed by atoms with E-state index in [9.17, 15) is 18.1 Å². The molecule has 3 aromatic rings. The molecule has 0 aliphatic heterocycles. The van der Waals surface area contributed by atoms with Gasteiger partial charge in [-0.25, -0.2) is 0 Å². The normalized spacial score (nSPS) is 12.3. The molecular formula is C20H21N3O4S. The van der Waals surface area contributed by atoms with Crippen molar-refractivity contribution in [2.75, 3.05) is 14.1 Å². The smallest absolute Gasteiger partial charge is 0.296 e. The molecule has 3 aromatic carbocycles. The van der Waals surface area contributed by atoms with Crippen molar-refractivity contribution in [3.05, 3.63) is 59.7 Å². The average molecular weight is 399 g/mol. The molecule has 0 aromatic heterocycles. The van der Waals surface area contributed by atoms with Crippen molar-refractivity contribution < 1.29 is 18.1 Å². The van der Waals surface area contributed by atoms with Gasteiger partial charge in [0.2, 0.25) is 0 Å². The first-order chi connectivity index (χ1) is 13.2. The van der Waals surface area contributed by atoms with Gasteiger partial charge in [0.25, 0.3) is 10.1 Å². The van der Waals surface area contributed by atoms with Crippen LogP contribution in [0.5, 0.6) is 5.75 Å². The van der Waals surface area contributed by atoms with Crippen LogP contribution in [0.3, 0.4) is 0 Å². The Labute approximate surface area is 163 Å². The lowest BCUT2D eigenvalue weighted by molar-refractivity contribution is 0.402. The van der Waals surface area contributed by atoms with Gasteiger partial charge in [-0.15, -0.1) is 10.2 Å². The number of phenolic OH excluding ortho intramolecular Hbond substituents is 1. The van der Waals surface area contributed by atoms with Crippen LogP contribution in [-0.4, -0.2) is 37.1 Å². The molecular weight excluding hydrogens is 378 g/mol. The van der Waals surface area contributed by atoms with Crippen molar-refractivity contribution in [3.8, 4) is 5.75 Å². The van der Waals surface area contributed by atoms with Gasteiger partial charge in [0.1, 0.15) is 16.3 Å². The van der Waals surface area contributed by atoms with E-state index in [0.717, 1.165) is 10.9 Å². The van der Waals surface area contributed by atoms with Crippen LogP contribution < -0.4 is 0 Å². The lowest BCUT2D eigenvalue weighted by Crippen LogP contribution is -2.10. The van der Waals surface area contributed by atoms with Crippen molar-refractivity contribution in [2.24, 2.45) is 10.2 Å². The van der Waals surface area contributed by atoms with Crippen molar-refractivity contribution >= 4 is 32.3 Å². The van der Waals surface area contributed by atoms with Crippen LogP contribution >= 0.6 is 0 Å². The van der Waals surface area contributed by atoms with Crippen molar-refractivity contribution in [1.82, 2.24) is 4.90 Å². The van der Waals surface area contributed by atoms with E-state index in [-0.39, 0.29) is 22.0 Å². The van der Waals surface area contributed by atoms with E-state index in [1.807, 2.05) is 37.2 Å². The zero-order valence-electron chi connectivity index (χ0n) is 15.8. The third kappa shape index (κ3) is 4.19. The predicted octanol–water partition coefficient (Wildman–Crippen LogP) is 4.58. The lowest BCUT2D eigenvalue weighted by atomic mass is 10.0. The zero-order valence-corrected chi connectivity index (χ0v) is 16.6. The highest BCUT2D eigenvalue weighted by atomic mass is 32.2. The maximum atomic E-state index is 11.7. The molecule has 0 saturated carbocycles. The third-order valence-electron chi connectivity index (χ3n) is 4.24. The molecule has 0 fully saturated rings. The Morgan fingerprint density at radius 1 is 1.04 bits per heavy atom. The summed E-state index contributed by atoms with van der Waals surface area (Å²) in [6.45, 7) is 2.35. The van der Waals surface area contributed by atoms with Gasteiger partial charge in [0.05, 0.1) is 0 Å². The Hall–Kier alpha value is -2.81. The Balaban J connectivity index is 2.12. The number of nitrogens with zero attached hydrogens (tertiary/aromatic N) is 3. The number of aromatic hydroxyl groups is 1. The second kappa shape index (κ2) is 7.67. The van der Waals surface area contributed by atoms with Gasteiger partial charge in [-0.2, -0.15) is 8.42 Å². The van der Waals surface area contributed by atoms with E-state index in [1.54, 1.807) is 31.2 Å². The van der Waals surface area contributed by atoms with Crippen LogP contribution in [0.1, 0.15) is 11.1 Å². The molecule has 0 radical (unpaired) electrons. The zero-order chi connectivity index (χ0) is 20.5. The minimum atomic E-state index is -4.47. The number of azo groups is 1. The first-order valence-electron chi connectivity index (χ1n) is 8.55. The van der Waals surface area contributed by atoms with Crippen molar-refractivity contribution in [2.45, 2.75) is 18.4 Å². The van der Waals surface area contributed by atoms with Gasteiger partial charge in [-0.05, 0) is 55.7 Å². The summed E-state index contributed by atoms with van der Waals surface area (Å²) >= 11 is 0. The first-order valence-corrected chi connectivity index (χ1v) is 9.99. The standard InChI is InChI=1S/C20H21N3O4S/c1-13-10-15-6-4-5-7-16(15)20(24)19(13)22-21-17-11-14(12-23(2)3)8-9-18(17)28(25,26)27/h4-11,24H,12H2,1-3H3,(H,25,26,27). The molecule has 0 atom stereocenters. The van der Waals surface area contributed by atoms with Gasteiger partial charge in [-0.1, -0.05) is 30.3 Å². The van der Waals surface area contributed by atoms with Crippen LogP contribution in [-0.2, 0) is 16.7 Å². The first kappa shape index (κ1) is 19.9. The van der Waals surface area contributed by atoms with E-state index in [2.05, 4.69) is 10.2 Å². The number of fused-ring (bicyclic) bond motifs is 1. The fourth-order valence-electron chi connectivity index (χ4n) is 3.01. The van der Waals surface area contributed by atoms with Gasteiger partial charge < -0.3 is 10.0 Å². The monoisotopic (exact) mass is 399 g/mol. The number of aryl methyl sites for hydroxylation is 1. The van der Waals surface area contributed by atoms with Gasteiger partial charge >= 0.3 is 0 Å². The molecule has 2 N–H and O–H groups in total. The quantitative estimate of drug-likeness (QED) is 0.483. The fourth-order valence-corrected chi connectivity index (χ4v) is 3.61. The SMILES string of the molecule is Cc1cc2ccccc2c(O)c1N=Nc1cc(CN(C)C)ccc1S(=O)(=O)O. The summed E-state index contributed by atoms with van der Waals surface area (Å²) in [6.07, 6.45) is 0. The minimum absolute atomic E-state index is 0.00816. The Morgan fingerprint density at radius 3 is 2.43 bits per heavy atom. The molecule has 8 heteroatoms. The highest BCUT2D eigenvalue weighted by Gasteiger charge is 2.17. The van der Waals surface area contributed by atoms with Crippen LogP contribution in [0.15, 0.2) is 63.7 Å². The van der Waals surface area contributed by atoms with E-state index in [4.69, 9.17) is 0 Å². The molecule has 146 valence electrons. The molecule has 3 rings (SSSR count). The van der Waals surface area contributed by atoms with Crippen LogP contribution in [0.2, 0.25) is 0 Å². The number of hydrogen-bond donors (Lipinski definition) is 2. The summed E-state index contributed by atoms with van der Waals surface area (Å²) in [5.74, 6) is -0.0304. The second-order valence-electron chi connectivity index (χ2n) is 6.83. The molecule has 0 aliphatic carbocycles. The maximum absolute atomic E-state index is 11.7.